The van der Waals surface area contributed by atoms with Crippen LogP contribution in [0.5, 0.6) is 0 Å². The summed E-state index contributed by atoms with van der Waals surface area (Å²) in [6, 6.07) is 0. The molecular formula is C16H17N5O3. The maximum absolute atomic E-state index is 12.6. The number of hydrogen-bond acceptors (Lipinski definition) is 7. The van der Waals surface area contributed by atoms with Gasteiger partial charge in [-0.15, -0.1) is 0 Å². The smallest absolute Gasteiger partial charge is 0.256 e. The summed E-state index contributed by atoms with van der Waals surface area (Å²) in [7, 11) is 0. The van der Waals surface area contributed by atoms with Crippen molar-refractivity contribution in [3.05, 3.63) is 36.0 Å². The van der Waals surface area contributed by atoms with Gasteiger partial charge in [-0.2, -0.15) is 0 Å². The predicted octanol–water partition coefficient (Wildman–Crippen LogP) is 2.41. The molecule has 1 amide bonds. The summed E-state index contributed by atoms with van der Waals surface area (Å²) in [5.74, 6) is 1.29. The summed E-state index contributed by atoms with van der Waals surface area (Å²) < 4.78 is 10.8. The van der Waals surface area contributed by atoms with Gasteiger partial charge in [-0.05, 0) is 26.7 Å². The highest BCUT2D eigenvalue weighted by molar-refractivity contribution is 6.10. The van der Waals surface area contributed by atoms with Crippen LogP contribution in [0.1, 0.15) is 41.8 Å². The van der Waals surface area contributed by atoms with E-state index in [4.69, 9.17) is 8.83 Å². The van der Waals surface area contributed by atoms with Crippen LogP contribution < -0.4 is 10.6 Å². The monoisotopic (exact) mass is 327 g/mol. The number of oxazole rings is 1. The summed E-state index contributed by atoms with van der Waals surface area (Å²) in [5.41, 5.74) is 0.859. The highest BCUT2D eigenvalue weighted by Crippen LogP contribution is 2.40. The number of nitrogens with zero attached hydrogens (tertiary/aromatic N) is 3. The quantitative estimate of drug-likeness (QED) is 0.741. The minimum absolute atomic E-state index is 0.0261. The molecule has 1 aliphatic carbocycles. The molecule has 124 valence electrons. The van der Waals surface area contributed by atoms with Crippen molar-refractivity contribution in [2.75, 3.05) is 5.32 Å². The maximum atomic E-state index is 12.6. The summed E-state index contributed by atoms with van der Waals surface area (Å²) in [6.45, 7) is 4.06. The average Bonchev–Trinajstić information content (AvgIpc) is 2.98. The van der Waals surface area contributed by atoms with Crippen LogP contribution in [0.25, 0.3) is 11.1 Å². The van der Waals surface area contributed by atoms with E-state index in [1.54, 1.807) is 6.92 Å². The number of carbonyl (C=O) groups excluding carboxylic acids is 1. The van der Waals surface area contributed by atoms with Gasteiger partial charge in [0.15, 0.2) is 0 Å². The van der Waals surface area contributed by atoms with E-state index in [0.29, 0.717) is 34.1 Å². The second-order valence-corrected chi connectivity index (χ2v) is 6.23. The summed E-state index contributed by atoms with van der Waals surface area (Å²) in [6.07, 6.45) is 6.58. The van der Waals surface area contributed by atoms with Crippen LogP contribution in [0.3, 0.4) is 0 Å². The first-order chi connectivity index (χ1) is 11.6. The van der Waals surface area contributed by atoms with Crippen LogP contribution in [0.15, 0.2) is 27.6 Å². The summed E-state index contributed by atoms with van der Waals surface area (Å²) in [4.78, 5) is 25.1. The van der Waals surface area contributed by atoms with Gasteiger partial charge >= 0.3 is 0 Å². The van der Waals surface area contributed by atoms with Gasteiger partial charge < -0.3 is 19.5 Å². The number of furan rings is 1. The Bertz CT molecular complexity index is 896. The zero-order valence-electron chi connectivity index (χ0n) is 13.4. The van der Waals surface area contributed by atoms with Gasteiger partial charge in [0.2, 0.25) is 11.6 Å². The lowest BCUT2D eigenvalue weighted by molar-refractivity contribution is 0.0947. The third-order valence-electron chi connectivity index (χ3n) is 4.20. The number of hydrogen-bond donors (Lipinski definition) is 2. The first-order valence-electron chi connectivity index (χ1n) is 7.75. The molecule has 0 radical (unpaired) electrons. The van der Waals surface area contributed by atoms with E-state index in [1.807, 2.05) is 0 Å². The van der Waals surface area contributed by atoms with Crippen molar-refractivity contribution in [1.82, 2.24) is 20.3 Å². The lowest BCUT2D eigenvalue weighted by Crippen LogP contribution is -2.24. The molecule has 0 saturated heterocycles. The van der Waals surface area contributed by atoms with Crippen LogP contribution in [-0.2, 0) is 6.54 Å². The van der Waals surface area contributed by atoms with Gasteiger partial charge in [0, 0.05) is 5.54 Å². The molecule has 1 fully saturated rings. The Morgan fingerprint density at radius 3 is 2.88 bits per heavy atom. The zero-order chi connectivity index (χ0) is 16.7. The molecule has 0 aliphatic heterocycles. The molecule has 0 atom stereocenters. The Balaban J connectivity index is 1.68. The van der Waals surface area contributed by atoms with Crippen molar-refractivity contribution < 1.29 is 13.6 Å². The fourth-order valence-electron chi connectivity index (χ4n) is 2.60. The van der Waals surface area contributed by atoms with E-state index in [-0.39, 0.29) is 18.0 Å². The van der Waals surface area contributed by atoms with E-state index >= 15 is 0 Å². The molecular weight excluding hydrogens is 310 g/mol. The molecule has 3 aromatic heterocycles. The number of nitrogens with one attached hydrogen (secondary N) is 2. The first-order valence-corrected chi connectivity index (χ1v) is 7.75. The van der Waals surface area contributed by atoms with Gasteiger partial charge in [0.1, 0.15) is 24.2 Å². The van der Waals surface area contributed by atoms with Crippen molar-refractivity contribution in [1.29, 1.82) is 0 Å². The number of amides is 1. The molecule has 24 heavy (non-hydrogen) atoms. The number of rotatable bonds is 5. The fraction of sp³-hybridized carbons (Fsp3) is 0.375. The van der Waals surface area contributed by atoms with Crippen LogP contribution in [0.4, 0.5) is 5.82 Å². The van der Waals surface area contributed by atoms with E-state index in [2.05, 4.69) is 32.5 Å². The molecule has 4 rings (SSSR count). The van der Waals surface area contributed by atoms with Gasteiger partial charge in [0.25, 0.3) is 5.91 Å². The van der Waals surface area contributed by atoms with Crippen molar-refractivity contribution in [3.63, 3.8) is 0 Å². The van der Waals surface area contributed by atoms with Crippen LogP contribution in [0, 0.1) is 6.92 Å². The lowest BCUT2D eigenvalue weighted by Gasteiger charge is -2.13. The molecule has 0 bridgehead atoms. The largest absolute Gasteiger partial charge is 0.447 e. The van der Waals surface area contributed by atoms with Crippen molar-refractivity contribution in [3.8, 4) is 0 Å². The minimum Gasteiger partial charge on any atom is -0.447 e. The van der Waals surface area contributed by atoms with E-state index < -0.39 is 0 Å². The number of carbonyl (C=O) groups is 1. The molecule has 0 aromatic carbocycles. The first kappa shape index (κ1) is 14.7. The molecule has 8 nitrogen and oxygen atoms in total. The van der Waals surface area contributed by atoms with Crippen LogP contribution in [0.2, 0.25) is 0 Å². The Hall–Kier alpha value is -2.90. The van der Waals surface area contributed by atoms with Crippen LogP contribution >= 0.6 is 0 Å². The number of anilines is 1. The lowest BCUT2D eigenvalue weighted by atomic mass is 10.1. The second kappa shape index (κ2) is 5.33. The molecule has 8 heteroatoms. The molecule has 0 spiro atoms. The van der Waals surface area contributed by atoms with Gasteiger partial charge in [-0.25, -0.2) is 15.0 Å². The third-order valence-corrected chi connectivity index (χ3v) is 4.20. The maximum Gasteiger partial charge on any atom is 0.256 e. The minimum atomic E-state index is -0.275. The SMILES string of the molecule is Cc1oc2ncnc(NC3(C)CC3)c2c1C(=O)NCc1ncco1. The zero-order valence-corrected chi connectivity index (χ0v) is 13.4. The molecule has 3 heterocycles. The highest BCUT2D eigenvalue weighted by Gasteiger charge is 2.38. The molecule has 2 N–H and O–H groups in total. The number of fused-ring (bicyclic) bond motifs is 1. The molecule has 1 aliphatic rings. The van der Waals surface area contributed by atoms with Gasteiger partial charge in [0.05, 0.1) is 23.7 Å². The summed E-state index contributed by atoms with van der Waals surface area (Å²) >= 11 is 0. The molecule has 1 saturated carbocycles. The van der Waals surface area contributed by atoms with E-state index in [9.17, 15) is 4.79 Å². The predicted molar refractivity (Wildman–Crippen MR) is 85.5 cm³/mol. The van der Waals surface area contributed by atoms with Crippen molar-refractivity contribution in [2.45, 2.75) is 38.8 Å². The van der Waals surface area contributed by atoms with E-state index in [1.165, 1.54) is 18.8 Å². The average molecular weight is 327 g/mol. The van der Waals surface area contributed by atoms with Gasteiger partial charge in [-0.3, -0.25) is 4.79 Å². The fourth-order valence-corrected chi connectivity index (χ4v) is 2.60. The normalized spacial score (nSPS) is 15.4. The number of aryl methyl sites for hydroxylation is 1. The van der Waals surface area contributed by atoms with Crippen molar-refractivity contribution in [2.24, 2.45) is 0 Å². The Labute approximate surface area is 137 Å². The third kappa shape index (κ3) is 2.60. The van der Waals surface area contributed by atoms with E-state index in [0.717, 1.165) is 12.8 Å². The number of aromatic nitrogens is 3. The molecule has 3 aromatic rings. The standard InChI is InChI=1S/C16H17N5O3/c1-9-11(14(22)18-7-10-17-5-6-23-10)12-13(21-16(2)3-4-16)19-8-20-15(12)24-9/h5-6,8H,3-4,7H2,1-2H3,(H,18,22)(H,19,20,21). The highest BCUT2D eigenvalue weighted by atomic mass is 16.3. The van der Waals surface area contributed by atoms with Gasteiger partial charge in [-0.1, -0.05) is 0 Å². The topological polar surface area (TPSA) is 106 Å². The second-order valence-electron chi connectivity index (χ2n) is 6.23. The summed E-state index contributed by atoms with van der Waals surface area (Å²) in [5, 5.41) is 6.78. The molecule has 0 unspecified atom stereocenters. The Morgan fingerprint density at radius 1 is 1.33 bits per heavy atom. The Kier molecular flexibility index (Phi) is 3.26. The Morgan fingerprint density at radius 2 is 2.17 bits per heavy atom. The van der Waals surface area contributed by atoms with Crippen LogP contribution in [-0.4, -0.2) is 26.4 Å². The van der Waals surface area contributed by atoms with Crippen molar-refractivity contribution >= 4 is 22.8 Å².